The smallest absolute Gasteiger partial charge is 0.318 e. The maximum absolute atomic E-state index is 16.2. The van der Waals surface area contributed by atoms with E-state index in [1.165, 1.54) is 13.2 Å². The summed E-state index contributed by atoms with van der Waals surface area (Å²) in [5, 5.41) is 5.31. The Morgan fingerprint density at radius 2 is 2.09 bits per heavy atom. The maximum Gasteiger partial charge on any atom is 0.318 e. The molecule has 1 aromatic carbocycles. The van der Waals surface area contributed by atoms with Gasteiger partial charge in [-0.2, -0.15) is 9.97 Å². The van der Waals surface area contributed by atoms with Gasteiger partial charge in [0.15, 0.2) is 5.82 Å². The van der Waals surface area contributed by atoms with Crippen LogP contribution < -0.4 is 25.2 Å². The number of nitrogens with one attached hydrogen (secondary N) is 2. The number of aromatic nitrogens is 4. The van der Waals surface area contributed by atoms with Crippen molar-refractivity contribution in [3.8, 4) is 23.3 Å². The molecule has 10 heteroatoms. The SMILES string of the molecule is CCC1NCCN2c3nc(OC)nc4c(F)c(-c5[nH]c(=O)cc6ccccc56)nc(c34)O[C@@H](C)[C@H]12. The maximum atomic E-state index is 16.2. The summed E-state index contributed by atoms with van der Waals surface area (Å²) in [6, 6.07) is 8.92. The van der Waals surface area contributed by atoms with Crippen LogP contribution in [0.15, 0.2) is 35.1 Å². The molecule has 4 aromatic rings. The molecule has 2 aliphatic rings. The molecule has 9 nitrogen and oxygen atoms in total. The van der Waals surface area contributed by atoms with Gasteiger partial charge in [0.25, 0.3) is 0 Å². The van der Waals surface area contributed by atoms with E-state index in [9.17, 15) is 4.79 Å². The van der Waals surface area contributed by atoms with Crippen LogP contribution in [-0.4, -0.2) is 58.3 Å². The number of hydrogen-bond acceptors (Lipinski definition) is 8. The lowest BCUT2D eigenvalue weighted by atomic mass is 9.96. The van der Waals surface area contributed by atoms with Crippen molar-refractivity contribution in [2.75, 3.05) is 25.1 Å². The molecule has 0 spiro atoms. The number of H-pyrrole nitrogens is 1. The summed E-state index contributed by atoms with van der Waals surface area (Å²) in [5.74, 6) is 0.106. The van der Waals surface area contributed by atoms with Gasteiger partial charge in [-0.15, -0.1) is 0 Å². The third kappa shape index (κ3) is 3.31. The van der Waals surface area contributed by atoms with Gasteiger partial charge in [0.2, 0.25) is 11.4 Å². The van der Waals surface area contributed by atoms with Crippen LogP contribution in [0.3, 0.4) is 0 Å². The van der Waals surface area contributed by atoms with E-state index in [-0.39, 0.29) is 52.5 Å². The predicted octanol–water partition coefficient (Wildman–Crippen LogP) is 3.02. The van der Waals surface area contributed by atoms with Crippen LogP contribution in [0.4, 0.5) is 10.2 Å². The van der Waals surface area contributed by atoms with Gasteiger partial charge in [0, 0.05) is 30.6 Å². The number of halogens is 1. The number of ether oxygens (including phenoxy) is 2. The Hall–Kier alpha value is -3.79. The highest BCUT2D eigenvalue weighted by molar-refractivity contribution is 6.00. The van der Waals surface area contributed by atoms with Crippen LogP contribution in [0, 0.1) is 5.82 Å². The molecular weight excluding hydrogens is 451 g/mol. The van der Waals surface area contributed by atoms with Crippen LogP contribution in [0.5, 0.6) is 11.9 Å². The van der Waals surface area contributed by atoms with Gasteiger partial charge >= 0.3 is 6.01 Å². The highest BCUT2D eigenvalue weighted by Crippen LogP contribution is 2.42. The summed E-state index contributed by atoms with van der Waals surface area (Å²) in [4.78, 5) is 31.0. The topological polar surface area (TPSA) is 105 Å². The summed E-state index contributed by atoms with van der Waals surface area (Å²) in [6.45, 7) is 5.54. The van der Waals surface area contributed by atoms with Crippen molar-refractivity contribution in [1.82, 2.24) is 25.3 Å². The van der Waals surface area contributed by atoms with Crippen molar-refractivity contribution in [2.45, 2.75) is 38.5 Å². The van der Waals surface area contributed by atoms with Crippen molar-refractivity contribution < 1.29 is 13.9 Å². The number of nitrogens with zero attached hydrogens (tertiary/aromatic N) is 4. The van der Waals surface area contributed by atoms with Crippen LogP contribution in [0.25, 0.3) is 33.1 Å². The van der Waals surface area contributed by atoms with Crippen LogP contribution in [0.1, 0.15) is 20.3 Å². The van der Waals surface area contributed by atoms with Gasteiger partial charge < -0.3 is 24.7 Å². The van der Waals surface area contributed by atoms with Gasteiger partial charge in [-0.3, -0.25) is 4.79 Å². The van der Waals surface area contributed by atoms with Crippen molar-refractivity contribution in [3.05, 3.63) is 46.5 Å². The largest absolute Gasteiger partial charge is 0.472 e. The van der Waals surface area contributed by atoms with Crippen LogP contribution in [0.2, 0.25) is 0 Å². The van der Waals surface area contributed by atoms with Gasteiger partial charge in [-0.25, -0.2) is 9.37 Å². The van der Waals surface area contributed by atoms with E-state index >= 15 is 4.39 Å². The first kappa shape index (κ1) is 21.7. The molecule has 0 radical (unpaired) electrons. The zero-order valence-electron chi connectivity index (χ0n) is 19.6. The fourth-order valence-corrected chi connectivity index (χ4v) is 5.38. The Morgan fingerprint density at radius 3 is 2.89 bits per heavy atom. The van der Waals surface area contributed by atoms with E-state index in [0.29, 0.717) is 28.5 Å². The second-order valence-electron chi connectivity index (χ2n) is 8.91. The molecule has 0 amide bonds. The lowest BCUT2D eigenvalue weighted by Gasteiger charge is -2.43. The van der Waals surface area contributed by atoms with Crippen molar-refractivity contribution >= 4 is 27.5 Å². The summed E-state index contributed by atoms with van der Waals surface area (Å²) in [6.07, 6.45) is 0.620. The molecule has 2 aliphatic heterocycles. The molecule has 1 unspecified atom stereocenters. The predicted molar refractivity (Wildman–Crippen MR) is 131 cm³/mol. The Morgan fingerprint density at radius 1 is 1.26 bits per heavy atom. The first-order valence-electron chi connectivity index (χ1n) is 11.7. The van der Waals surface area contributed by atoms with E-state index < -0.39 is 5.82 Å². The fourth-order valence-electron chi connectivity index (χ4n) is 5.38. The molecule has 35 heavy (non-hydrogen) atoms. The van der Waals surface area contributed by atoms with Crippen molar-refractivity contribution in [3.63, 3.8) is 0 Å². The molecule has 5 heterocycles. The van der Waals surface area contributed by atoms with E-state index in [4.69, 9.17) is 9.47 Å². The number of aromatic amines is 1. The zero-order chi connectivity index (χ0) is 24.3. The summed E-state index contributed by atoms with van der Waals surface area (Å²) >= 11 is 0. The van der Waals surface area contributed by atoms with Gasteiger partial charge in [0.05, 0.1) is 18.8 Å². The Kier molecular flexibility index (Phi) is 5.06. The molecule has 0 saturated carbocycles. The van der Waals surface area contributed by atoms with E-state index in [0.717, 1.165) is 13.0 Å². The minimum absolute atomic E-state index is 0.0367. The lowest BCUT2D eigenvalue weighted by Crippen LogP contribution is -2.62. The van der Waals surface area contributed by atoms with Crippen molar-refractivity contribution in [1.29, 1.82) is 0 Å². The minimum Gasteiger partial charge on any atom is -0.472 e. The molecule has 1 saturated heterocycles. The Labute approximate surface area is 200 Å². The third-order valence-corrected chi connectivity index (χ3v) is 6.92. The number of fused-ring (bicyclic) bond motifs is 3. The highest BCUT2D eigenvalue weighted by Gasteiger charge is 2.41. The Bertz CT molecular complexity index is 1520. The van der Waals surface area contributed by atoms with Crippen molar-refractivity contribution in [2.24, 2.45) is 0 Å². The fraction of sp³-hybridized carbons (Fsp3) is 0.360. The molecule has 1 fully saturated rings. The second-order valence-corrected chi connectivity index (χ2v) is 8.91. The number of benzene rings is 1. The number of pyridine rings is 2. The molecule has 0 bridgehead atoms. The molecule has 0 aliphatic carbocycles. The quantitative estimate of drug-likeness (QED) is 0.465. The number of rotatable bonds is 3. The van der Waals surface area contributed by atoms with E-state index in [2.05, 4.69) is 37.1 Å². The van der Waals surface area contributed by atoms with Gasteiger partial charge in [-0.05, 0) is 18.7 Å². The lowest BCUT2D eigenvalue weighted by molar-refractivity contribution is 0.149. The Balaban J connectivity index is 1.68. The highest BCUT2D eigenvalue weighted by atomic mass is 19.1. The average molecular weight is 477 g/mol. The van der Waals surface area contributed by atoms with E-state index in [1.807, 2.05) is 25.1 Å². The van der Waals surface area contributed by atoms with Gasteiger partial charge in [0.1, 0.15) is 28.5 Å². The first-order chi connectivity index (χ1) is 17.0. The summed E-state index contributed by atoms with van der Waals surface area (Å²) in [5.41, 5.74) is -0.0743. The molecule has 2 N–H and O–H groups in total. The average Bonchev–Trinajstić information content (AvgIpc) is 3.00. The normalized spacial score (nSPS) is 21.5. The summed E-state index contributed by atoms with van der Waals surface area (Å²) < 4.78 is 28.0. The standard InChI is InChI=1S/C25H25FN6O3/c1-4-15-22-12(2)35-24-17-20(30-25(34-3)31-23(17)32(22)10-9-27-15)18(26)21(29-24)19-14-8-6-5-7-13(14)11-16(33)28-19/h5-8,11-12,15,22,27H,4,9-10H2,1-3H3,(H,28,33)/t12-,15?,22+/m0/s1. The monoisotopic (exact) mass is 476 g/mol. The number of hydrogen-bond donors (Lipinski definition) is 2. The number of methoxy groups -OCH3 is 1. The molecule has 6 rings (SSSR count). The first-order valence-corrected chi connectivity index (χ1v) is 11.7. The van der Waals surface area contributed by atoms with E-state index in [1.54, 1.807) is 6.07 Å². The molecule has 3 atom stereocenters. The minimum atomic E-state index is -0.672. The second kappa shape index (κ2) is 8.16. The third-order valence-electron chi connectivity index (χ3n) is 6.92. The molecular formula is C25H25FN6O3. The number of piperazine rings is 1. The zero-order valence-corrected chi connectivity index (χ0v) is 19.6. The molecule has 180 valence electrons. The molecule has 3 aromatic heterocycles. The number of anilines is 1. The van der Waals surface area contributed by atoms with Crippen LogP contribution >= 0.6 is 0 Å². The van der Waals surface area contributed by atoms with Crippen LogP contribution in [-0.2, 0) is 0 Å². The summed E-state index contributed by atoms with van der Waals surface area (Å²) in [7, 11) is 1.46. The van der Waals surface area contributed by atoms with Gasteiger partial charge in [-0.1, -0.05) is 31.2 Å².